The van der Waals surface area contributed by atoms with E-state index in [9.17, 15) is 4.79 Å². The summed E-state index contributed by atoms with van der Waals surface area (Å²) in [5.74, 6) is -0.142. The summed E-state index contributed by atoms with van der Waals surface area (Å²) in [6.45, 7) is 8.09. The summed E-state index contributed by atoms with van der Waals surface area (Å²) in [6.07, 6.45) is 1.04. The predicted octanol–water partition coefficient (Wildman–Crippen LogP) is 1.83. The van der Waals surface area contributed by atoms with Crippen LogP contribution in [0.4, 0.5) is 0 Å². The van der Waals surface area contributed by atoms with Crippen molar-refractivity contribution in [2.45, 2.75) is 46.2 Å². The fourth-order valence-electron chi connectivity index (χ4n) is 1.40. The van der Waals surface area contributed by atoms with Crippen molar-refractivity contribution in [1.82, 2.24) is 4.90 Å². The van der Waals surface area contributed by atoms with Gasteiger partial charge in [0.25, 0.3) is 0 Å². The number of likely N-dealkylation sites (N-methyl/N-ethyl adjacent to an activating group) is 1. The maximum absolute atomic E-state index is 10.7. The topological polar surface area (TPSA) is 40.5 Å². The summed E-state index contributed by atoms with van der Waals surface area (Å²) in [7, 11) is 1.87. The molecule has 0 aromatic carbocycles. The highest BCUT2D eigenvalue weighted by Gasteiger charge is 2.21. The molecule has 0 aromatic heterocycles. The van der Waals surface area contributed by atoms with E-state index in [0.29, 0.717) is 12.0 Å². The molecule has 2 atom stereocenters. The van der Waals surface area contributed by atoms with Crippen molar-refractivity contribution in [2.75, 3.05) is 7.05 Å². The third-order valence-corrected chi connectivity index (χ3v) is 2.48. The Balaban J connectivity index is 4.08. The summed E-state index contributed by atoms with van der Waals surface area (Å²) < 4.78 is 0. The van der Waals surface area contributed by atoms with Crippen molar-refractivity contribution in [3.63, 3.8) is 0 Å². The lowest BCUT2D eigenvalue weighted by Crippen LogP contribution is -2.42. The molecule has 78 valence electrons. The molecule has 3 heteroatoms. The summed E-state index contributed by atoms with van der Waals surface area (Å²) in [5.41, 5.74) is 0. The molecule has 0 bridgehead atoms. The molecule has 2 unspecified atom stereocenters. The highest BCUT2D eigenvalue weighted by Crippen LogP contribution is 2.11. The fraction of sp³-hybridized carbons (Fsp3) is 0.900. The van der Waals surface area contributed by atoms with Crippen LogP contribution in [-0.4, -0.2) is 35.1 Å². The minimum absolute atomic E-state index is 0.325. The van der Waals surface area contributed by atoms with Crippen molar-refractivity contribution in [3.8, 4) is 0 Å². The zero-order chi connectivity index (χ0) is 10.6. The van der Waals surface area contributed by atoms with Gasteiger partial charge in [0.2, 0.25) is 0 Å². The molecule has 0 aliphatic rings. The van der Waals surface area contributed by atoms with E-state index < -0.39 is 12.0 Å². The van der Waals surface area contributed by atoms with Crippen molar-refractivity contribution in [3.05, 3.63) is 0 Å². The summed E-state index contributed by atoms with van der Waals surface area (Å²) in [6, 6.07) is -0.0696. The van der Waals surface area contributed by atoms with E-state index in [1.165, 1.54) is 0 Å². The maximum atomic E-state index is 10.7. The lowest BCUT2D eigenvalue weighted by molar-refractivity contribution is -0.142. The average Bonchev–Trinajstić information content (AvgIpc) is 2.00. The first-order chi connectivity index (χ1) is 5.86. The first-order valence-corrected chi connectivity index (χ1v) is 4.81. The Hall–Kier alpha value is -0.570. The number of nitrogens with zero attached hydrogens (tertiary/aromatic N) is 1. The lowest BCUT2D eigenvalue weighted by atomic mass is 10.0. The lowest BCUT2D eigenvalue weighted by Gasteiger charge is -2.29. The van der Waals surface area contributed by atoms with Crippen LogP contribution in [0.1, 0.15) is 34.1 Å². The minimum Gasteiger partial charge on any atom is -0.480 e. The quantitative estimate of drug-likeness (QED) is 0.713. The van der Waals surface area contributed by atoms with Gasteiger partial charge in [-0.25, -0.2) is 0 Å². The molecular weight excluding hydrogens is 166 g/mol. The fourth-order valence-corrected chi connectivity index (χ4v) is 1.40. The highest BCUT2D eigenvalue weighted by molar-refractivity contribution is 5.72. The van der Waals surface area contributed by atoms with Crippen LogP contribution in [0, 0.1) is 5.92 Å². The van der Waals surface area contributed by atoms with Gasteiger partial charge in [0.15, 0.2) is 0 Å². The Labute approximate surface area is 80.7 Å². The zero-order valence-electron chi connectivity index (χ0n) is 9.24. The third kappa shape index (κ3) is 4.27. The second-order valence-electron chi connectivity index (χ2n) is 4.16. The Morgan fingerprint density at radius 1 is 1.31 bits per heavy atom. The minimum atomic E-state index is -0.752. The van der Waals surface area contributed by atoms with Crippen molar-refractivity contribution in [1.29, 1.82) is 0 Å². The van der Waals surface area contributed by atoms with Crippen LogP contribution < -0.4 is 0 Å². The zero-order valence-corrected chi connectivity index (χ0v) is 9.24. The number of rotatable bonds is 5. The van der Waals surface area contributed by atoms with Crippen LogP contribution >= 0.6 is 0 Å². The van der Waals surface area contributed by atoms with Crippen molar-refractivity contribution < 1.29 is 9.90 Å². The van der Waals surface area contributed by atoms with Gasteiger partial charge in [-0.15, -0.1) is 0 Å². The average molecular weight is 187 g/mol. The Kier molecular flexibility index (Phi) is 4.99. The number of aliphatic carboxylic acids is 1. The molecule has 0 spiro atoms. The Morgan fingerprint density at radius 3 is 2.08 bits per heavy atom. The number of carboxylic acids is 1. The number of hydrogen-bond donors (Lipinski definition) is 1. The number of carboxylic acid groups (broad SMARTS) is 1. The van der Waals surface area contributed by atoms with Crippen LogP contribution in [-0.2, 0) is 4.79 Å². The van der Waals surface area contributed by atoms with Crippen molar-refractivity contribution >= 4 is 5.97 Å². The molecule has 0 saturated heterocycles. The van der Waals surface area contributed by atoms with Crippen LogP contribution in [0.2, 0.25) is 0 Å². The monoisotopic (exact) mass is 187 g/mol. The summed E-state index contributed by atoms with van der Waals surface area (Å²) in [4.78, 5) is 12.6. The highest BCUT2D eigenvalue weighted by atomic mass is 16.4. The van der Waals surface area contributed by atoms with Crippen LogP contribution in [0.25, 0.3) is 0 Å². The van der Waals surface area contributed by atoms with Gasteiger partial charge in [0.1, 0.15) is 6.04 Å². The molecule has 0 saturated carbocycles. The van der Waals surface area contributed by atoms with E-state index in [-0.39, 0.29) is 0 Å². The van der Waals surface area contributed by atoms with Gasteiger partial charge in [-0.3, -0.25) is 9.69 Å². The first-order valence-electron chi connectivity index (χ1n) is 4.81. The Morgan fingerprint density at radius 2 is 1.77 bits per heavy atom. The molecule has 0 amide bonds. The molecule has 0 fully saturated rings. The van der Waals surface area contributed by atoms with E-state index in [1.54, 1.807) is 6.92 Å². The normalized spacial score (nSPS) is 16.2. The van der Waals surface area contributed by atoms with Crippen LogP contribution in [0.5, 0.6) is 0 Å². The molecule has 13 heavy (non-hydrogen) atoms. The largest absolute Gasteiger partial charge is 0.480 e. The van der Waals surface area contributed by atoms with E-state index >= 15 is 0 Å². The van der Waals surface area contributed by atoms with E-state index in [4.69, 9.17) is 5.11 Å². The molecule has 3 nitrogen and oxygen atoms in total. The standard InChI is InChI=1S/C10H21NO2/c1-7(2)6-8(3)11(5)9(4)10(12)13/h7-9H,6H2,1-5H3,(H,12,13). The van der Waals surface area contributed by atoms with Gasteiger partial charge in [-0.05, 0) is 33.2 Å². The van der Waals surface area contributed by atoms with E-state index in [1.807, 2.05) is 11.9 Å². The maximum Gasteiger partial charge on any atom is 0.320 e. The van der Waals surface area contributed by atoms with E-state index in [0.717, 1.165) is 6.42 Å². The molecule has 0 aliphatic heterocycles. The predicted molar refractivity (Wildman–Crippen MR) is 53.8 cm³/mol. The van der Waals surface area contributed by atoms with Crippen LogP contribution in [0.15, 0.2) is 0 Å². The molecule has 0 radical (unpaired) electrons. The molecule has 0 aliphatic carbocycles. The van der Waals surface area contributed by atoms with Crippen LogP contribution in [0.3, 0.4) is 0 Å². The van der Waals surface area contributed by atoms with Gasteiger partial charge >= 0.3 is 5.97 Å². The first kappa shape index (κ1) is 12.4. The SMILES string of the molecule is CC(C)CC(C)N(C)C(C)C(=O)O. The van der Waals surface area contributed by atoms with Gasteiger partial charge in [0, 0.05) is 6.04 Å². The Bertz CT molecular complexity index is 168. The van der Waals surface area contributed by atoms with Gasteiger partial charge in [0.05, 0.1) is 0 Å². The van der Waals surface area contributed by atoms with Gasteiger partial charge in [-0.1, -0.05) is 13.8 Å². The molecule has 0 aromatic rings. The third-order valence-electron chi connectivity index (χ3n) is 2.48. The molecule has 0 rings (SSSR count). The number of hydrogen-bond acceptors (Lipinski definition) is 2. The summed E-state index contributed by atoms with van der Waals surface area (Å²) in [5, 5.41) is 8.79. The van der Waals surface area contributed by atoms with E-state index in [2.05, 4.69) is 20.8 Å². The van der Waals surface area contributed by atoms with Gasteiger partial charge in [-0.2, -0.15) is 0 Å². The summed E-state index contributed by atoms with van der Waals surface area (Å²) >= 11 is 0. The smallest absolute Gasteiger partial charge is 0.320 e. The molecule has 0 heterocycles. The van der Waals surface area contributed by atoms with Gasteiger partial charge < -0.3 is 5.11 Å². The molecule has 1 N–H and O–H groups in total. The molecular formula is C10H21NO2. The van der Waals surface area contributed by atoms with Crippen molar-refractivity contribution in [2.24, 2.45) is 5.92 Å². The second-order valence-corrected chi connectivity index (χ2v) is 4.16. The number of carbonyl (C=O) groups is 1. The second kappa shape index (κ2) is 5.22.